The van der Waals surface area contributed by atoms with Crippen LogP contribution in [0, 0.1) is 0 Å². The molecule has 0 aromatic heterocycles. The normalized spacial score (nSPS) is 20.3. The Morgan fingerprint density at radius 1 is 0.923 bits per heavy atom. The van der Waals surface area contributed by atoms with Crippen molar-refractivity contribution in [1.82, 2.24) is 0 Å². The molecule has 2 saturated heterocycles. The topological polar surface area (TPSA) is 43.5 Å². The number of hydrogen-bond acceptors (Lipinski definition) is 2. The molecule has 6 rings (SSSR count). The Labute approximate surface area is 233 Å². The van der Waals surface area contributed by atoms with Gasteiger partial charge in [0.25, 0.3) is 0 Å². The summed E-state index contributed by atoms with van der Waals surface area (Å²) < 4.78 is 2.50. The first-order valence-electron chi connectivity index (χ1n) is 14.6. The molecule has 0 amide bonds. The Kier molecular flexibility index (Phi) is 6.21. The van der Waals surface area contributed by atoms with Gasteiger partial charge in [-0.15, -0.1) is 0 Å². The van der Waals surface area contributed by atoms with Crippen LogP contribution >= 0.6 is 0 Å². The van der Waals surface area contributed by atoms with E-state index in [1.165, 1.54) is 48.2 Å². The summed E-state index contributed by atoms with van der Waals surface area (Å²) in [5, 5.41) is 10.3. The number of benzene rings is 2. The van der Waals surface area contributed by atoms with E-state index in [2.05, 4.69) is 86.6 Å². The van der Waals surface area contributed by atoms with Crippen LogP contribution in [0.5, 0.6) is 0 Å². The number of carboxylic acid groups (broad SMARTS) is 1. The van der Waals surface area contributed by atoms with Gasteiger partial charge in [0.15, 0.2) is 5.71 Å². The van der Waals surface area contributed by atoms with Gasteiger partial charge < -0.3 is 10.0 Å². The summed E-state index contributed by atoms with van der Waals surface area (Å²) >= 11 is 0. The van der Waals surface area contributed by atoms with Crippen LogP contribution in [0.25, 0.3) is 5.57 Å². The number of rotatable bonds is 3. The molecule has 2 aromatic carbocycles. The second-order valence-electron chi connectivity index (χ2n) is 13.2. The lowest BCUT2D eigenvalue weighted by Crippen LogP contribution is -2.31. The minimum atomic E-state index is -0.881. The zero-order chi connectivity index (χ0) is 27.5. The summed E-state index contributed by atoms with van der Waals surface area (Å²) in [5.74, 6) is -0.881. The Bertz CT molecular complexity index is 1480. The third kappa shape index (κ3) is 4.38. The number of hydrogen-bond donors (Lipinski definition) is 1. The van der Waals surface area contributed by atoms with Gasteiger partial charge in [-0.05, 0) is 87.6 Å². The molecule has 39 heavy (non-hydrogen) atoms. The molecule has 0 unspecified atom stereocenters. The summed E-state index contributed by atoms with van der Waals surface area (Å²) in [7, 11) is 0. The van der Waals surface area contributed by atoms with Crippen molar-refractivity contribution >= 4 is 22.9 Å². The number of nitrogens with zero attached hydrogens (tertiary/aromatic N) is 2. The maximum Gasteiger partial charge on any atom is 0.336 e. The predicted molar refractivity (Wildman–Crippen MR) is 160 cm³/mol. The molecule has 0 atom stereocenters. The molecule has 4 nitrogen and oxygen atoms in total. The highest BCUT2D eigenvalue weighted by Gasteiger charge is 2.40. The smallest absolute Gasteiger partial charge is 0.336 e. The van der Waals surface area contributed by atoms with Gasteiger partial charge in [-0.1, -0.05) is 46.8 Å². The van der Waals surface area contributed by atoms with E-state index in [-0.39, 0.29) is 10.8 Å². The highest BCUT2D eigenvalue weighted by Crippen LogP contribution is 2.51. The first kappa shape index (κ1) is 25.9. The minimum Gasteiger partial charge on any atom is -0.478 e. The molecular formula is C35H41N2O2+. The van der Waals surface area contributed by atoms with Crippen molar-refractivity contribution in [2.45, 2.75) is 71.1 Å². The van der Waals surface area contributed by atoms with Crippen molar-refractivity contribution in [3.8, 4) is 0 Å². The van der Waals surface area contributed by atoms with Crippen molar-refractivity contribution < 1.29 is 14.5 Å². The molecule has 2 aromatic rings. The highest BCUT2D eigenvalue weighted by molar-refractivity contribution is 6.08. The third-order valence-corrected chi connectivity index (χ3v) is 9.22. The monoisotopic (exact) mass is 521 g/mol. The fraction of sp³-hybridized carbons (Fsp3) is 0.429. The minimum absolute atomic E-state index is 0.0921. The fourth-order valence-electron chi connectivity index (χ4n) is 6.86. The number of carbonyl (C=O) groups is 1. The zero-order valence-corrected chi connectivity index (χ0v) is 24.1. The van der Waals surface area contributed by atoms with E-state index in [9.17, 15) is 9.90 Å². The van der Waals surface area contributed by atoms with E-state index in [4.69, 9.17) is 0 Å². The summed E-state index contributed by atoms with van der Waals surface area (Å²) in [5.41, 5.74) is 10.5. The van der Waals surface area contributed by atoms with E-state index in [0.717, 1.165) is 54.0 Å². The van der Waals surface area contributed by atoms with Crippen LogP contribution in [0.3, 0.4) is 0 Å². The van der Waals surface area contributed by atoms with E-state index in [1.807, 2.05) is 12.1 Å². The second-order valence-corrected chi connectivity index (χ2v) is 13.2. The summed E-state index contributed by atoms with van der Waals surface area (Å²) in [6.07, 6.45) is 11.8. The Morgan fingerprint density at radius 2 is 1.64 bits per heavy atom. The quantitative estimate of drug-likeness (QED) is 0.438. The van der Waals surface area contributed by atoms with Crippen molar-refractivity contribution in [3.63, 3.8) is 0 Å². The molecule has 2 heterocycles. The van der Waals surface area contributed by atoms with E-state index >= 15 is 0 Å². The summed E-state index contributed by atoms with van der Waals surface area (Å²) in [6, 6.07) is 12.8. The first-order valence-corrected chi connectivity index (χ1v) is 14.6. The SMILES string of the molecule is CC(C)(C)c1ccc(C(=O)O)c(C2=C3C=CC(=[N+]4CCCC4)C=C3C(C)(C)c3cc(N4CCCC4)ccc32)c1. The maximum absolute atomic E-state index is 12.6. The van der Waals surface area contributed by atoms with Crippen LogP contribution in [0.2, 0.25) is 0 Å². The van der Waals surface area contributed by atoms with Gasteiger partial charge in [-0.25, -0.2) is 9.37 Å². The Morgan fingerprint density at radius 3 is 2.31 bits per heavy atom. The molecule has 2 aliphatic carbocycles. The number of allylic oxidation sites excluding steroid dienone is 5. The molecule has 0 saturated carbocycles. The predicted octanol–water partition coefficient (Wildman–Crippen LogP) is 7.12. The number of carboxylic acids is 1. The Hall–Kier alpha value is -3.40. The maximum atomic E-state index is 12.6. The van der Waals surface area contributed by atoms with Gasteiger partial charge in [0, 0.05) is 49.2 Å². The average molecular weight is 522 g/mol. The van der Waals surface area contributed by atoms with Gasteiger partial charge in [0.2, 0.25) is 0 Å². The van der Waals surface area contributed by atoms with E-state index < -0.39 is 5.97 Å². The van der Waals surface area contributed by atoms with Crippen molar-refractivity contribution in [1.29, 1.82) is 0 Å². The molecule has 1 N–H and O–H groups in total. The average Bonchev–Trinajstić information content (AvgIpc) is 3.63. The largest absolute Gasteiger partial charge is 0.478 e. The molecule has 2 aliphatic heterocycles. The van der Waals surface area contributed by atoms with Gasteiger partial charge >= 0.3 is 5.97 Å². The van der Waals surface area contributed by atoms with Crippen molar-refractivity contribution in [2.24, 2.45) is 0 Å². The van der Waals surface area contributed by atoms with Crippen LogP contribution < -0.4 is 4.90 Å². The van der Waals surface area contributed by atoms with E-state index in [0.29, 0.717) is 5.56 Å². The van der Waals surface area contributed by atoms with Crippen LogP contribution in [0.1, 0.15) is 92.9 Å². The summed E-state index contributed by atoms with van der Waals surface area (Å²) in [4.78, 5) is 15.1. The standard InChI is InChI=1S/C35H40N2O2/c1-34(2,3)23-10-13-26(33(38)39)29(20-23)32-27-14-11-24(36-16-6-7-17-36)21-30(27)35(4,5)31-22-25(12-15-28(31)32)37-18-8-9-19-37/h10-15,20-22H,6-9,16-19H2,1-5H3/p+1. The third-order valence-electron chi connectivity index (χ3n) is 9.22. The highest BCUT2D eigenvalue weighted by atomic mass is 16.4. The van der Waals surface area contributed by atoms with Crippen molar-refractivity contribution in [2.75, 3.05) is 31.1 Å². The number of fused-ring (bicyclic) bond motifs is 2. The second kappa shape index (κ2) is 9.36. The Balaban J connectivity index is 1.66. The fourth-order valence-corrected chi connectivity index (χ4v) is 6.86. The van der Waals surface area contributed by atoms with Gasteiger partial charge in [-0.3, -0.25) is 0 Å². The lowest BCUT2D eigenvalue weighted by atomic mass is 9.64. The first-order chi connectivity index (χ1) is 18.6. The number of aromatic carboxylic acids is 1. The van der Waals surface area contributed by atoms with Crippen molar-refractivity contribution in [3.05, 3.63) is 93.6 Å². The van der Waals surface area contributed by atoms with Gasteiger partial charge in [0.05, 0.1) is 5.56 Å². The van der Waals surface area contributed by atoms with Gasteiger partial charge in [-0.2, -0.15) is 0 Å². The van der Waals surface area contributed by atoms with Crippen LogP contribution in [-0.4, -0.2) is 47.5 Å². The van der Waals surface area contributed by atoms with Crippen LogP contribution in [-0.2, 0) is 10.8 Å². The number of anilines is 1. The summed E-state index contributed by atoms with van der Waals surface area (Å²) in [6.45, 7) is 15.6. The lowest BCUT2D eigenvalue weighted by Gasteiger charge is -2.40. The molecular weight excluding hydrogens is 480 g/mol. The molecule has 2 fully saturated rings. The van der Waals surface area contributed by atoms with E-state index in [1.54, 1.807) is 0 Å². The zero-order valence-electron chi connectivity index (χ0n) is 24.1. The van der Waals surface area contributed by atoms with Gasteiger partial charge in [0.1, 0.15) is 13.1 Å². The molecule has 4 aliphatic rings. The molecule has 0 spiro atoms. The molecule has 0 bridgehead atoms. The van der Waals surface area contributed by atoms with Crippen LogP contribution in [0.4, 0.5) is 5.69 Å². The lowest BCUT2D eigenvalue weighted by molar-refractivity contribution is -0.504. The molecule has 0 radical (unpaired) electrons. The van der Waals surface area contributed by atoms with Crippen LogP contribution in [0.15, 0.2) is 65.8 Å². The molecule has 202 valence electrons. The molecule has 4 heteroatoms.